The summed E-state index contributed by atoms with van der Waals surface area (Å²) in [4.78, 5) is 10.9. The second-order valence-electron chi connectivity index (χ2n) is 3.08. The molecule has 1 radical (unpaired) electrons. The summed E-state index contributed by atoms with van der Waals surface area (Å²) < 4.78 is 0. The summed E-state index contributed by atoms with van der Waals surface area (Å²) >= 11 is 0. The van der Waals surface area contributed by atoms with E-state index in [9.17, 15) is 4.79 Å². The lowest BCUT2D eigenvalue weighted by molar-refractivity contribution is -0.121. The Kier molecular flexibility index (Phi) is 4.92. The molecule has 65 valence electrons. The average molecular weight is 156 g/mol. The molecule has 0 bridgehead atoms. The maximum atomic E-state index is 10.9. The van der Waals surface area contributed by atoms with Crippen LogP contribution in [-0.2, 0) is 4.79 Å². The van der Waals surface area contributed by atoms with E-state index in [1.54, 1.807) is 0 Å². The molecule has 0 aromatic carbocycles. The summed E-state index contributed by atoms with van der Waals surface area (Å²) in [6.07, 6.45) is 1.33. The number of hydrogen-bond donors (Lipinski definition) is 1. The third kappa shape index (κ3) is 4.02. The molecule has 0 fully saturated rings. The lowest BCUT2D eigenvalue weighted by Crippen LogP contribution is -2.37. The summed E-state index contributed by atoms with van der Waals surface area (Å²) in [5, 5.41) is 2.91. The van der Waals surface area contributed by atoms with E-state index in [4.69, 9.17) is 0 Å². The quantitative estimate of drug-likeness (QED) is 0.660. The highest BCUT2D eigenvalue weighted by atomic mass is 16.1. The first kappa shape index (κ1) is 10.5. The Morgan fingerprint density at radius 2 is 2.09 bits per heavy atom. The Bertz CT molecular complexity index is 121. The second-order valence-corrected chi connectivity index (χ2v) is 3.08. The Morgan fingerprint density at radius 3 is 2.36 bits per heavy atom. The number of carbonyl (C=O) groups is 1. The number of amides is 1. The van der Waals surface area contributed by atoms with Gasteiger partial charge in [0.1, 0.15) is 0 Å². The van der Waals surface area contributed by atoms with Crippen molar-refractivity contribution in [3.05, 3.63) is 6.92 Å². The predicted molar refractivity (Wildman–Crippen MR) is 47.0 cm³/mol. The van der Waals surface area contributed by atoms with Gasteiger partial charge >= 0.3 is 0 Å². The van der Waals surface area contributed by atoms with Crippen LogP contribution in [0.2, 0.25) is 0 Å². The fourth-order valence-corrected chi connectivity index (χ4v) is 1.02. The first-order valence-corrected chi connectivity index (χ1v) is 4.20. The Morgan fingerprint density at radius 1 is 1.55 bits per heavy atom. The van der Waals surface area contributed by atoms with Crippen LogP contribution in [0.1, 0.15) is 33.6 Å². The van der Waals surface area contributed by atoms with E-state index in [1.165, 1.54) is 0 Å². The van der Waals surface area contributed by atoms with Gasteiger partial charge in [0, 0.05) is 12.5 Å². The van der Waals surface area contributed by atoms with Gasteiger partial charge in [-0.3, -0.25) is 4.79 Å². The van der Waals surface area contributed by atoms with Crippen molar-refractivity contribution in [2.45, 2.75) is 39.7 Å². The molecular weight excluding hydrogens is 138 g/mol. The first-order chi connectivity index (χ1) is 5.11. The van der Waals surface area contributed by atoms with E-state index in [0.29, 0.717) is 18.4 Å². The van der Waals surface area contributed by atoms with Crippen molar-refractivity contribution in [3.8, 4) is 0 Å². The molecule has 0 heterocycles. The van der Waals surface area contributed by atoms with Gasteiger partial charge in [-0.25, -0.2) is 0 Å². The monoisotopic (exact) mass is 156 g/mol. The summed E-state index contributed by atoms with van der Waals surface area (Å²) in [6.45, 7) is 9.82. The van der Waals surface area contributed by atoms with Gasteiger partial charge in [0.15, 0.2) is 0 Å². The van der Waals surface area contributed by atoms with Gasteiger partial charge in [-0.1, -0.05) is 20.8 Å². The Balaban J connectivity index is 3.78. The molecule has 0 aromatic heterocycles. The van der Waals surface area contributed by atoms with E-state index in [1.807, 2.05) is 0 Å². The minimum Gasteiger partial charge on any atom is -0.353 e. The van der Waals surface area contributed by atoms with E-state index >= 15 is 0 Å². The minimum atomic E-state index is 0.0468. The molecule has 11 heavy (non-hydrogen) atoms. The van der Waals surface area contributed by atoms with Crippen LogP contribution in [0, 0.1) is 12.8 Å². The largest absolute Gasteiger partial charge is 0.353 e. The summed E-state index contributed by atoms with van der Waals surface area (Å²) in [6, 6.07) is 0.309. The Hall–Kier alpha value is -0.530. The molecule has 0 aliphatic rings. The van der Waals surface area contributed by atoms with Gasteiger partial charge in [-0.05, 0) is 19.3 Å². The van der Waals surface area contributed by atoms with Crippen LogP contribution in [0.25, 0.3) is 0 Å². The molecule has 0 aliphatic carbocycles. The van der Waals surface area contributed by atoms with Gasteiger partial charge in [-0.2, -0.15) is 0 Å². The van der Waals surface area contributed by atoms with E-state index in [0.717, 1.165) is 6.42 Å². The standard InChI is InChI=1S/C9H18NO/c1-5-8(7(3)4)10-9(11)6-2/h7-8H,2,5-6H2,1,3-4H3,(H,10,11). The predicted octanol–water partition coefficient (Wildman–Crippen LogP) is 1.76. The molecule has 0 aliphatic heterocycles. The molecule has 1 unspecified atom stereocenters. The molecule has 2 heteroatoms. The van der Waals surface area contributed by atoms with Crippen molar-refractivity contribution in [3.63, 3.8) is 0 Å². The lowest BCUT2D eigenvalue weighted by Gasteiger charge is -2.19. The van der Waals surface area contributed by atoms with Gasteiger partial charge in [0.25, 0.3) is 0 Å². The molecule has 1 amide bonds. The third-order valence-electron chi connectivity index (χ3n) is 1.82. The zero-order valence-electron chi connectivity index (χ0n) is 7.68. The zero-order chi connectivity index (χ0) is 8.85. The van der Waals surface area contributed by atoms with Gasteiger partial charge in [0.05, 0.1) is 0 Å². The van der Waals surface area contributed by atoms with Crippen LogP contribution in [0.15, 0.2) is 0 Å². The minimum absolute atomic E-state index is 0.0468. The van der Waals surface area contributed by atoms with Crippen LogP contribution in [0.3, 0.4) is 0 Å². The number of hydrogen-bond acceptors (Lipinski definition) is 1. The van der Waals surface area contributed by atoms with Crippen LogP contribution in [0.5, 0.6) is 0 Å². The van der Waals surface area contributed by atoms with Gasteiger partial charge < -0.3 is 5.32 Å². The molecule has 1 atom stereocenters. The summed E-state index contributed by atoms with van der Waals surface area (Å²) in [5.74, 6) is 0.557. The SMILES string of the molecule is [CH2]CC(=O)NC(CC)C(C)C. The topological polar surface area (TPSA) is 29.1 Å². The highest BCUT2D eigenvalue weighted by Crippen LogP contribution is 2.04. The van der Waals surface area contributed by atoms with Crippen molar-refractivity contribution >= 4 is 5.91 Å². The molecule has 0 rings (SSSR count). The highest BCUT2D eigenvalue weighted by Gasteiger charge is 2.11. The molecule has 2 nitrogen and oxygen atoms in total. The zero-order valence-corrected chi connectivity index (χ0v) is 7.68. The molecule has 0 saturated heterocycles. The van der Waals surface area contributed by atoms with Crippen molar-refractivity contribution < 1.29 is 4.79 Å². The molecular formula is C9H18NO. The van der Waals surface area contributed by atoms with Crippen molar-refractivity contribution in [1.29, 1.82) is 0 Å². The van der Waals surface area contributed by atoms with Crippen molar-refractivity contribution in [2.24, 2.45) is 5.92 Å². The van der Waals surface area contributed by atoms with Crippen LogP contribution < -0.4 is 5.32 Å². The molecule has 0 saturated carbocycles. The number of carbonyl (C=O) groups excluding carboxylic acids is 1. The summed E-state index contributed by atoms with van der Waals surface area (Å²) in [7, 11) is 0. The second kappa shape index (κ2) is 5.16. The number of rotatable bonds is 4. The Labute approximate surface area is 69.4 Å². The van der Waals surface area contributed by atoms with Crippen LogP contribution >= 0.6 is 0 Å². The smallest absolute Gasteiger partial charge is 0.220 e. The van der Waals surface area contributed by atoms with Crippen LogP contribution in [-0.4, -0.2) is 11.9 Å². The normalized spacial score (nSPS) is 13.2. The number of nitrogens with one attached hydrogen (secondary N) is 1. The van der Waals surface area contributed by atoms with Crippen molar-refractivity contribution in [1.82, 2.24) is 5.32 Å². The van der Waals surface area contributed by atoms with Crippen LogP contribution in [0.4, 0.5) is 0 Å². The van der Waals surface area contributed by atoms with Crippen molar-refractivity contribution in [2.75, 3.05) is 0 Å². The van der Waals surface area contributed by atoms with Gasteiger partial charge in [-0.15, -0.1) is 0 Å². The lowest BCUT2D eigenvalue weighted by atomic mass is 10.0. The average Bonchev–Trinajstić information content (AvgIpc) is 1.99. The maximum Gasteiger partial charge on any atom is 0.220 e. The summed E-state index contributed by atoms with van der Waals surface area (Å²) in [5.41, 5.74) is 0. The van der Waals surface area contributed by atoms with E-state index < -0.39 is 0 Å². The highest BCUT2D eigenvalue weighted by molar-refractivity contribution is 5.76. The van der Waals surface area contributed by atoms with E-state index in [2.05, 4.69) is 33.0 Å². The first-order valence-electron chi connectivity index (χ1n) is 4.20. The molecule has 1 N–H and O–H groups in total. The molecule has 0 aromatic rings. The third-order valence-corrected chi connectivity index (χ3v) is 1.82. The fourth-order valence-electron chi connectivity index (χ4n) is 1.02. The maximum absolute atomic E-state index is 10.9. The van der Waals surface area contributed by atoms with E-state index in [-0.39, 0.29) is 5.91 Å². The molecule has 0 spiro atoms. The van der Waals surface area contributed by atoms with Gasteiger partial charge in [0.2, 0.25) is 5.91 Å². The fraction of sp³-hybridized carbons (Fsp3) is 0.778.